The van der Waals surface area contributed by atoms with Gasteiger partial charge in [-0.2, -0.15) is 0 Å². The molecule has 0 radical (unpaired) electrons. The Labute approximate surface area is 211 Å². The third-order valence-electron chi connectivity index (χ3n) is 7.29. The number of aromatic nitrogens is 1. The number of benzene rings is 2. The molecule has 0 aliphatic carbocycles. The number of nitrogens with one attached hydrogen (secondary N) is 2. The van der Waals surface area contributed by atoms with Gasteiger partial charge in [0.1, 0.15) is 6.04 Å². The molecule has 1 aromatic heterocycles. The lowest BCUT2D eigenvalue weighted by Crippen LogP contribution is -2.55. The summed E-state index contributed by atoms with van der Waals surface area (Å²) >= 11 is 0. The number of aryl methyl sites for hydroxylation is 1. The van der Waals surface area contributed by atoms with Crippen LogP contribution < -0.4 is 16.2 Å². The van der Waals surface area contributed by atoms with Gasteiger partial charge in [0.2, 0.25) is 5.91 Å². The number of carbonyl (C=O) groups is 2. The van der Waals surface area contributed by atoms with Gasteiger partial charge in [0.05, 0.1) is 0 Å². The van der Waals surface area contributed by atoms with Gasteiger partial charge in [-0.05, 0) is 48.1 Å². The Morgan fingerprint density at radius 1 is 0.917 bits per heavy atom. The molecule has 3 atom stereocenters. The molecule has 0 saturated carbocycles. The van der Waals surface area contributed by atoms with Crippen LogP contribution >= 0.6 is 0 Å². The van der Waals surface area contributed by atoms with Crippen molar-refractivity contribution < 1.29 is 9.59 Å². The topological polar surface area (TPSA) is 83.4 Å². The van der Waals surface area contributed by atoms with Crippen molar-refractivity contribution >= 4 is 17.6 Å². The molecule has 3 heterocycles. The van der Waals surface area contributed by atoms with E-state index in [0.717, 1.165) is 24.1 Å². The second kappa shape index (κ2) is 10.4. The second-order valence-electron chi connectivity index (χ2n) is 9.83. The van der Waals surface area contributed by atoms with Crippen LogP contribution in [0.5, 0.6) is 0 Å². The zero-order valence-electron chi connectivity index (χ0n) is 20.5. The molecule has 1 fully saturated rings. The maximum atomic E-state index is 13.4. The first-order valence-electron chi connectivity index (χ1n) is 12.7. The summed E-state index contributed by atoms with van der Waals surface area (Å²) in [5.74, 6) is 0.0989. The minimum absolute atomic E-state index is 0.0201. The van der Waals surface area contributed by atoms with Gasteiger partial charge in [0.25, 0.3) is 5.56 Å². The van der Waals surface area contributed by atoms with Crippen LogP contribution in [0.15, 0.2) is 77.6 Å². The Balaban J connectivity index is 1.31. The van der Waals surface area contributed by atoms with Gasteiger partial charge >= 0.3 is 6.03 Å². The summed E-state index contributed by atoms with van der Waals surface area (Å²) in [6, 6.07) is 21.9. The van der Waals surface area contributed by atoms with Crippen LogP contribution in [0.1, 0.15) is 36.1 Å². The van der Waals surface area contributed by atoms with Crippen LogP contribution in [-0.4, -0.2) is 40.5 Å². The zero-order valence-corrected chi connectivity index (χ0v) is 20.5. The molecule has 2 N–H and O–H groups in total. The number of hydrogen-bond acceptors (Lipinski definition) is 3. The molecule has 2 aromatic carbocycles. The summed E-state index contributed by atoms with van der Waals surface area (Å²) in [6.07, 6.45) is 2.29. The highest BCUT2D eigenvalue weighted by Crippen LogP contribution is 2.34. The molecule has 0 unspecified atom stereocenters. The number of carbonyl (C=O) groups excluding carboxylic acids is 2. The standard InChI is InChI=1S/C29H32N4O3/c1-2-20-11-13-24(14-12-20)30-28(35)25(16-21-7-4-3-5-8-21)31-29(36)32-17-22-15-23(19-32)26-9-6-10-27(34)33(26)18-22/h3-14,22-23,25H,2,15-19H2,1H3,(H,30,35)(H,31,36)/t22-,23+,25+/m1/s1. The van der Waals surface area contributed by atoms with Gasteiger partial charge < -0.3 is 20.1 Å². The second-order valence-corrected chi connectivity index (χ2v) is 9.83. The Morgan fingerprint density at radius 3 is 2.44 bits per heavy atom. The van der Waals surface area contributed by atoms with Crippen LogP contribution in [0, 0.1) is 5.92 Å². The minimum Gasteiger partial charge on any atom is -0.326 e. The summed E-state index contributed by atoms with van der Waals surface area (Å²) in [7, 11) is 0. The number of urea groups is 1. The first kappa shape index (κ1) is 23.9. The number of rotatable bonds is 6. The van der Waals surface area contributed by atoms with Gasteiger partial charge in [-0.1, -0.05) is 55.5 Å². The predicted molar refractivity (Wildman–Crippen MR) is 140 cm³/mol. The summed E-state index contributed by atoms with van der Waals surface area (Å²) in [6.45, 7) is 3.81. The largest absolute Gasteiger partial charge is 0.326 e. The lowest BCUT2D eigenvalue weighted by molar-refractivity contribution is -0.118. The van der Waals surface area contributed by atoms with Crippen molar-refractivity contribution in [2.75, 3.05) is 18.4 Å². The molecular formula is C29H32N4O3. The van der Waals surface area contributed by atoms with E-state index in [1.807, 2.05) is 65.2 Å². The van der Waals surface area contributed by atoms with Gasteiger partial charge in [0.15, 0.2) is 0 Å². The number of anilines is 1. The van der Waals surface area contributed by atoms with E-state index >= 15 is 0 Å². The summed E-state index contributed by atoms with van der Waals surface area (Å²) in [5.41, 5.74) is 3.89. The molecule has 7 nitrogen and oxygen atoms in total. The third-order valence-corrected chi connectivity index (χ3v) is 7.29. The fourth-order valence-electron chi connectivity index (χ4n) is 5.41. The minimum atomic E-state index is -0.720. The van der Waals surface area contributed by atoms with Crippen molar-refractivity contribution in [3.05, 3.63) is 100.0 Å². The van der Waals surface area contributed by atoms with Gasteiger partial charge in [-0.3, -0.25) is 9.59 Å². The molecule has 7 heteroatoms. The van der Waals surface area contributed by atoms with E-state index in [9.17, 15) is 14.4 Å². The highest BCUT2D eigenvalue weighted by Gasteiger charge is 2.37. The monoisotopic (exact) mass is 484 g/mol. The lowest BCUT2D eigenvalue weighted by atomic mass is 9.83. The number of hydrogen-bond donors (Lipinski definition) is 2. The highest BCUT2D eigenvalue weighted by molar-refractivity contribution is 5.97. The molecular weight excluding hydrogens is 452 g/mol. The van der Waals surface area contributed by atoms with E-state index in [4.69, 9.17) is 0 Å². The van der Waals surface area contributed by atoms with E-state index in [0.29, 0.717) is 31.7 Å². The number of nitrogens with zero attached hydrogens (tertiary/aromatic N) is 2. The molecule has 0 spiro atoms. The van der Waals surface area contributed by atoms with E-state index in [1.54, 1.807) is 17.0 Å². The average molecular weight is 485 g/mol. The number of amides is 3. The predicted octanol–water partition coefficient (Wildman–Crippen LogP) is 3.79. The van der Waals surface area contributed by atoms with E-state index in [-0.39, 0.29) is 29.3 Å². The molecule has 2 bridgehead atoms. The zero-order chi connectivity index (χ0) is 25.1. The van der Waals surface area contributed by atoms with Crippen molar-refractivity contribution in [3.63, 3.8) is 0 Å². The first-order valence-corrected chi connectivity index (χ1v) is 12.7. The molecule has 1 saturated heterocycles. The van der Waals surface area contributed by atoms with Crippen molar-refractivity contribution in [1.82, 2.24) is 14.8 Å². The molecule has 5 rings (SSSR count). The Morgan fingerprint density at radius 2 is 1.69 bits per heavy atom. The van der Waals surface area contributed by atoms with Crippen LogP contribution in [-0.2, 0) is 24.2 Å². The maximum Gasteiger partial charge on any atom is 0.318 e. The molecule has 2 aliphatic heterocycles. The summed E-state index contributed by atoms with van der Waals surface area (Å²) in [5, 5.41) is 5.98. The van der Waals surface area contributed by atoms with Crippen molar-refractivity contribution in [1.29, 1.82) is 0 Å². The van der Waals surface area contributed by atoms with E-state index < -0.39 is 6.04 Å². The smallest absolute Gasteiger partial charge is 0.318 e. The van der Waals surface area contributed by atoms with Gasteiger partial charge in [0, 0.05) is 49.4 Å². The molecule has 3 amide bonds. The Hall–Kier alpha value is -3.87. The SMILES string of the molecule is CCc1ccc(NC(=O)[C@H](Cc2ccccc2)NC(=O)N2C[C@H]3C[C@@H](C2)c2cccc(=O)n2C3)cc1. The first-order chi connectivity index (χ1) is 17.5. The maximum absolute atomic E-state index is 13.4. The Bertz CT molecular complexity index is 1290. The van der Waals surface area contributed by atoms with E-state index in [2.05, 4.69) is 17.6 Å². The molecule has 2 aliphatic rings. The molecule has 186 valence electrons. The average Bonchev–Trinajstić information content (AvgIpc) is 2.90. The number of pyridine rings is 1. The van der Waals surface area contributed by atoms with E-state index in [1.165, 1.54) is 5.56 Å². The lowest BCUT2D eigenvalue weighted by Gasteiger charge is -2.43. The van der Waals surface area contributed by atoms with Gasteiger partial charge in [-0.25, -0.2) is 4.79 Å². The summed E-state index contributed by atoms with van der Waals surface area (Å²) in [4.78, 5) is 40.8. The van der Waals surface area contributed by atoms with Crippen LogP contribution in [0.4, 0.5) is 10.5 Å². The fraction of sp³-hybridized carbons (Fsp3) is 0.345. The normalized spacial score (nSPS) is 19.2. The highest BCUT2D eigenvalue weighted by atomic mass is 16.2. The fourth-order valence-corrected chi connectivity index (χ4v) is 5.41. The number of fused-ring (bicyclic) bond motifs is 4. The summed E-state index contributed by atoms with van der Waals surface area (Å²) < 4.78 is 1.85. The number of likely N-dealkylation sites (tertiary alicyclic amines) is 1. The van der Waals surface area contributed by atoms with Crippen LogP contribution in [0.3, 0.4) is 0 Å². The third kappa shape index (κ3) is 5.20. The van der Waals surface area contributed by atoms with Gasteiger partial charge in [-0.15, -0.1) is 0 Å². The molecule has 3 aromatic rings. The number of piperidine rings is 1. The molecule has 36 heavy (non-hydrogen) atoms. The van der Waals surface area contributed by atoms with Crippen molar-refractivity contribution in [2.45, 2.75) is 44.7 Å². The van der Waals surface area contributed by atoms with Crippen molar-refractivity contribution in [2.24, 2.45) is 5.92 Å². The van der Waals surface area contributed by atoms with Crippen LogP contribution in [0.25, 0.3) is 0 Å². The Kier molecular flexibility index (Phi) is 6.89. The van der Waals surface area contributed by atoms with Crippen LogP contribution in [0.2, 0.25) is 0 Å². The quantitative estimate of drug-likeness (QED) is 0.559. The van der Waals surface area contributed by atoms with Crippen molar-refractivity contribution in [3.8, 4) is 0 Å².